The van der Waals surface area contributed by atoms with Crippen molar-refractivity contribution in [2.75, 3.05) is 13.9 Å². The molecule has 0 spiro atoms. The summed E-state index contributed by atoms with van der Waals surface area (Å²) in [5.74, 6) is 1.99. The number of thioether (sulfide) groups is 1. The molecular formula is C18H14N2O4S. The highest BCUT2D eigenvalue weighted by Crippen LogP contribution is 2.34. The second-order valence-corrected chi connectivity index (χ2v) is 6.32. The van der Waals surface area contributed by atoms with Gasteiger partial charge in [0.1, 0.15) is 5.75 Å². The van der Waals surface area contributed by atoms with Gasteiger partial charge in [-0.25, -0.2) is 4.99 Å². The highest BCUT2D eigenvalue weighted by Gasteiger charge is 2.24. The summed E-state index contributed by atoms with van der Waals surface area (Å²) in [6.45, 7) is 0.225. The van der Waals surface area contributed by atoms with Crippen molar-refractivity contribution in [2.24, 2.45) is 4.99 Å². The number of ether oxygens (including phenoxy) is 3. The molecule has 2 aliphatic heterocycles. The molecule has 126 valence electrons. The van der Waals surface area contributed by atoms with Crippen molar-refractivity contribution in [1.82, 2.24) is 5.32 Å². The van der Waals surface area contributed by atoms with Gasteiger partial charge in [0, 0.05) is 0 Å². The van der Waals surface area contributed by atoms with Gasteiger partial charge in [-0.2, -0.15) is 0 Å². The van der Waals surface area contributed by atoms with Gasteiger partial charge in [-0.05, 0) is 59.8 Å². The van der Waals surface area contributed by atoms with E-state index in [4.69, 9.17) is 14.2 Å². The number of nitrogens with one attached hydrogen (secondary N) is 1. The lowest BCUT2D eigenvalue weighted by atomic mass is 10.2. The standard InChI is InChI=1S/C18H14N2O4S/c1-22-13-5-3-12(4-6-13)19-18-20-17(21)16(25-18)9-11-2-7-14-15(8-11)24-10-23-14/h2-9H,10H2,1H3,(H,19,20,21). The number of amides is 1. The van der Waals surface area contributed by atoms with Crippen molar-refractivity contribution < 1.29 is 19.0 Å². The Morgan fingerprint density at radius 2 is 1.96 bits per heavy atom. The van der Waals surface area contributed by atoms with Crippen molar-refractivity contribution >= 4 is 34.6 Å². The first-order valence-corrected chi connectivity index (χ1v) is 8.36. The quantitative estimate of drug-likeness (QED) is 0.857. The van der Waals surface area contributed by atoms with E-state index in [0.717, 1.165) is 17.0 Å². The molecular weight excluding hydrogens is 340 g/mol. The van der Waals surface area contributed by atoms with Crippen LogP contribution in [0.1, 0.15) is 5.56 Å². The van der Waals surface area contributed by atoms with Crippen LogP contribution in [0.15, 0.2) is 52.4 Å². The highest BCUT2D eigenvalue weighted by molar-refractivity contribution is 8.18. The first kappa shape index (κ1) is 15.6. The van der Waals surface area contributed by atoms with Crippen LogP contribution in [0.3, 0.4) is 0 Å². The van der Waals surface area contributed by atoms with Gasteiger partial charge in [0.05, 0.1) is 17.7 Å². The number of fused-ring (bicyclic) bond motifs is 1. The summed E-state index contributed by atoms with van der Waals surface area (Å²) in [6, 6.07) is 12.9. The predicted molar refractivity (Wildman–Crippen MR) is 96.4 cm³/mol. The van der Waals surface area contributed by atoms with Gasteiger partial charge in [-0.15, -0.1) is 0 Å². The minimum atomic E-state index is -0.171. The molecule has 0 saturated carbocycles. The fourth-order valence-corrected chi connectivity index (χ4v) is 3.25. The number of carbonyl (C=O) groups is 1. The summed E-state index contributed by atoms with van der Waals surface area (Å²) in [7, 11) is 1.61. The van der Waals surface area contributed by atoms with E-state index < -0.39 is 0 Å². The van der Waals surface area contributed by atoms with Crippen LogP contribution in [0.2, 0.25) is 0 Å². The Balaban J connectivity index is 1.54. The van der Waals surface area contributed by atoms with Gasteiger partial charge >= 0.3 is 0 Å². The van der Waals surface area contributed by atoms with Crippen LogP contribution in [0, 0.1) is 0 Å². The summed E-state index contributed by atoms with van der Waals surface area (Å²) >= 11 is 1.30. The first-order chi connectivity index (χ1) is 12.2. The molecule has 0 bridgehead atoms. The van der Waals surface area contributed by atoms with Gasteiger partial charge in [0.25, 0.3) is 5.91 Å². The van der Waals surface area contributed by atoms with Crippen molar-refractivity contribution in [3.8, 4) is 17.2 Å². The molecule has 2 aliphatic rings. The van der Waals surface area contributed by atoms with E-state index >= 15 is 0 Å². The molecule has 0 aromatic heterocycles. The van der Waals surface area contributed by atoms with E-state index in [-0.39, 0.29) is 12.7 Å². The molecule has 2 heterocycles. The van der Waals surface area contributed by atoms with Crippen LogP contribution in [-0.2, 0) is 4.79 Å². The number of hydrogen-bond donors (Lipinski definition) is 1. The van der Waals surface area contributed by atoms with Gasteiger partial charge in [0.15, 0.2) is 16.7 Å². The van der Waals surface area contributed by atoms with E-state index in [1.807, 2.05) is 42.5 Å². The lowest BCUT2D eigenvalue weighted by Crippen LogP contribution is -2.19. The normalized spacial score (nSPS) is 18.7. The summed E-state index contributed by atoms with van der Waals surface area (Å²) in [4.78, 5) is 17.2. The first-order valence-electron chi connectivity index (χ1n) is 7.54. The van der Waals surface area contributed by atoms with Gasteiger partial charge < -0.3 is 19.5 Å². The minimum absolute atomic E-state index is 0.171. The number of carbonyl (C=O) groups excluding carboxylic acids is 1. The zero-order valence-electron chi connectivity index (χ0n) is 13.3. The molecule has 4 rings (SSSR count). The third kappa shape index (κ3) is 3.32. The largest absolute Gasteiger partial charge is 0.497 e. The number of nitrogens with zero attached hydrogens (tertiary/aromatic N) is 1. The Morgan fingerprint density at radius 3 is 2.76 bits per heavy atom. The average molecular weight is 354 g/mol. The van der Waals surface area contributed by atoms with Crippen LogP contribution >= 0.6 is 11.8 Å². The lowest BCUT2D eigenvalue weighted by molar-refractivity contribution is -0.115. The molecule has 1 amide bonds. The van der Waals surface area contributed by atoms with Crippen LogP contribution in [0.5, 0.6) is 17.2 Å². The third-order valence-corrected chi connectivity index (χ3v) is 4.56. The maximum absolute atomic E-state index is 12.2. The number of methoxy groups -OCH3 is 1. The number of aliphatic imine (C=N–C) groups is 1. The summed E-state index contributed by atoms with van der Waals surface area (Å²) < 4.78 is 15.8. The Labute approximate surface area is 148 Å². The molecule has 1 N–H and O–H groups in total. The summed E-state index contributed by atoms with van der Waals surface area (Å²) in [5, 5.41) is 3.32. The maximum Gasteiger partial charge on any atom is 0.264 e. The summed E-state index contributed by atoms with van der Waals surface area (Å²) in [5.41, 5.74) is 1.61. The monoisotopic (exact) mass is 354 g/mol. The Morgan fingerprint density at radius 1 is 1.16 bits per heavy atom. The van der Waals surface area contributed by atoms with Crippen molar-refractivity contribution in [3.05, 3.63) is 52.9 Å². The molecule has 2 aromatic rings. The highest BCUT2D eigenvalue weighted by atomic mass is 32.2. The number of benzene rings is 2. The van der Waals surface area contributed by atoms with Crippen LogP contribution in [0.25, 0.3) is 6.08 Å². The molecule has 0 atom stereocenters. The smallest absolute Gasteiger partial charge is 0.264 e. The van der Waals surface area contributed by atoms with Gasteiger partial charge in [-0.1, -0.05) is 6.07 Å². The van der Waals surface area contributed by atoms with Crippen LogP contribution in [-0.4, -0.2) is 25.0 Å². The molecule has 1 fully saturated rings. The van der Waals surface area contributed by atoms with E-state index in [2.05, 4.69) is 10.3 Å². The van der Waals surface area contributed by atoms with Gasteiger partial charge in [-0.3, -0.25) is 4.79 Å². The fraction of sp³-hybridized carbons (Fsp3) is 0.111. The Kier molecular flexibility index (Phi) is 4.07. The number of hydrogen-bond acceptors (Lipinski definition) is 6. The van der Waals surface area contributed by atoms with Crippen molar-refractivity contribution in [2.45, 2.75) is 0 Å². The number of amidine groups is 1. The SMILES string of the molecule is COc1ccc(N=C2NC(=O)C(=Cc3ccc4c(c3)OCO4)S2)cc1. The molecule has 6 nitrogen and oxygen atoms in total. The van der Waals surface area contributed by atoms with Gasteiger partial charge in [0.2, 0.25) is 6.79 Å². The van der Waals surface area contributed by atoms with E-state index in [0.29, 0.717) is 21.6 Å². The maximum atomic E-state index is 12.2. The molecule has 0 unspecified atom stereocenters. The molecule has 2 aromatic carbocycles. The fourth-order valence-electron chi connectivity index (χ4n) is 2.41. The second kappa shape index (κ2) is 6.52. The van der Waals surface area contributed by atoms with Crippen LogP contribution in [0.4, 0.5) is 5.69 Å². The van der Waals surface area contributed by atoms with Crippen molar-refractivity contribution in [1.29, 1.82) is 0 Å². The van der Waals surface area contributed by atoms with Crippen LogP contribution < -0.4 is 19.5 Å². The molecule has 0 radical (unpaired) electrons. The summed E-state index contributed by atoms with van der Waals surface area (Å²) in [6.07, 6.45) is 1.80. The zero-order chi connectivity index (χ0) is 17.2. The molecule has 25 heavy (non-hydrogen) atoms. The van der Waals surface area contributed by atoms with E-state index in [9.17, 15) is 4.79 Å². The number of rotatable bonds is 3. The van der Waals surface area contributed by atoms with E-state index in [1.165, 1.54) is 11.8 Å². The zero-order valence-corrected chi connectivity index (χ0v) is 14.1. The van der Waals surface area contributed by atoms with Crippen molar-refractivity contribution in [3.63, 3.8) is 0 Å². The molecule has 0 aliphatic carbocycles. The Bertz CT molecular complexity index is 890. The predicted octanol–water partition coefficient (Wildman–Crippen LogP) is 3.32. The third-order valence-electron chi connectivity index (χ3n) is 3.65. The molecule has 1 saturated heterocycles. The second-order valence-electron chi connectivity index (χ2n) is 5.29. The average Bonchev–Trinajstić information content (AvgIpc) is 3.22. The van der Waals surface area contributed by atoms with E-state index in [1.54, 1.807) is 13.2 Å². The topological polar surface area (TPSA) is 69.2 Å². The molecule has 7 heteroatoms. The minimum Gasteiger partial charge on any atom is -0.497 e. The Hall–Kier alpha value is -2.93. The lowest BCUT2D eigenvalue weighted by Gasteiger charge is -2.00.